The molecule has 6 nitrogen and oxygen atoms in total. The first-order valence-corrected chi connectivity index (χ1v) is 13.0. The van der Waals surface area contributed by atoms with E-state index in [1.807, 2.05) is 12.1 Å². The van der Waals surface area contributed by atoms with Crippen molar-refractivity contribution in [3.05, 3.63) is 29.8 Å². The van der Waals surface area contributed by atoms with Crippen molar-refractivity contribution >= 4 is 0 Å². The van der Waals surface area contributed by atoms with Crippen molar-refractivity contribution in [2.45, 2.75) is 97.6 Å². The summed E-state index contributed by atoms with van der Waals surface area (Å²) in [6, 6.07) is 8.28. The van der Waals surface area contributed by atoms with Gasteiger partial charge < -0.3 is 18.9 Å². The van der Waals surface area contributed by atoms with Gasteiger partial charge in [0.05, 0.1) is 26.4 Å². The monoisotopic (exact) mass is 477 g/mol. The lowest BCUT2D eigenvalue weighted by Gasteiger charge is -2.57. The predicted octanol–water partition coefficient (Wildman–Crippen LogP) is 5.63. The van der Waals surface area contributed by atoms with E-state index in [4.69, 9.17) is 23.8 Å². The number of rotatable bonds is 13. The summed E-state index contributed by atoms with van der Waals surface area (Å²) in [7, 11) is 0. The van der Waals surface area contributed by atoms with Crippen LogP contribution in [0, 0.1) is 11.8 Å². The van der Waals surface area contributed by atoms with Crippen LogP contribution in [0.5, 0.6) is 5.75 Å². The van der Waals surface area contributed by atoms with Gasteiger partial charge >= 0.3 is 0 Å². The van der Waals surface area contributed by atoms with Crippen molar-refractivity contribution in [3.8, 4) is 5.75 Å². The van der Waals surface area contributed by atoms with E-state index in [0.717, 1.165) is 31.6 Å². The number of ether oxygens (including phenoxy) is 4. The van der Waals surface area contributed by atoms with Gasteiger partial charge in [-0.1, -0.05) is 39.8 Å². The molecule has 0 saturated carbocycles. The maximum atomic E-state index is 6.50. The first-order chi connectivity index (χ1) is 15.9. The number of piperidine rings is 1. The molecule has 6 heteroatoms. The highest BCUT2D eigenvalue weighted by atomic mass is 16.7. The van der Waals surface area contributed by atoms with Crippen LogP contribution < -0.4 is 4.74 Å². The molecule has 0 aromatic heterocycles. The fraction of sp³-hybridized carbons (Fsp3) is 0.786. The predicted molar refractivity (Wildman–Crippen MR) is 135 cm³/mol. The normalized spacial score (nSPS) is 23.4. The Bertz CT molecular complexity index is 723. The van der Waals surface area contributed by atoms with Crippen molar-refractivity contribution in [2.24, 2.45) is 11.8 Å². The zero-order chi connectivity index (χ0) is 25.0. The first-order valence-electron chi connectivity index (χ1n) is 13.0. The molecule has 1 aromatic rings. The van der Waals surface area contributed by atoms with Gasteiger partial charge in [0.1, 0.15) is 18.5 Å². The summed E-state index contributed by atoms with van der Waals surface area (Å²) in [6.45, 7) is 21.1. The number of hydroxylamine groups is 2. The molecule has 3 rings (SSSR count). The van der Waals surface area contributed by atoms with Crippen molar-refractivity contribution in [2.75, 3.05) is 33.0 Å². The highest BCUT2D eigenvalue weighted by Crippen LogP contribution is 2.46. The van der Waals surface area contributed by atoms with Crippen LogP contribution in [0.25, 0.3) is 0 Å². The smallest absolute Gasteiger partial charge is 0.171 e. The standard InChI is InChI=1S/C28H47NO5/c1-21(2)15-32-28(33-16-22(3)4)19-26(5,6)29(27(7,8)20-28)34-14-13-23-9-11-24(12-10-23)30-17-25-18-31-25/h9-12,21-22,25H,13-20H2,1-8H3. The van der Waals surface area contributed by atoms with E-state index in [9.17, 15) is 0 Å². The topological polar surface area (TPSA) is 52.7 Å². The molecule has 0 bridgehead atoms. The third-order valence-electron chi connectivity index (χ3n) is 6.24. The lowest BCUT2D eigenvalue weighted by molar-refractivity contribution is -0.359. The second-order valence-electron chi connectivity index (χ2n) is 12.1. The van der Waals surface area contributed by atoms with E-state index in [1.54, 1.807) is 0 Å². The second-order valence-corrected chi connectivity index (χ2v) is 12.1. The van der Waals surface area contributed by atoms with Crippen LogP contribution in [-0.2, 0) is 25.5 Å². The lowest BCUT2D eigenvalue weighted by Crippen LogP contribution is -2.66. The molecular weight excluding hydrogens is 430 g/mol. The molecule has 194 valence electrons. The van der Waals surface area contributed by atoms with Crippen molar-refractivity contribution in [1.29, 1.82) is 0 Å². The molecular formula is C28H47NO5. The Morgan fingerprint density at radius 2 is 1.44 bits per heavy atom. The average molecular weight is 478 g/mol. The van der Waals surface area contributed by atoms with E-state index < -0.39 is 5.79 Å². The van der Waals surface area contributed by atoms with E-state index in [2.05, 4.69) is 72.6 Å². The minimum atomic E-state index is -0.595. The third kappa shape index (κ3) is 7.92. The van der Waals surface area contributed by atoms with Gasteiger partial charge in [-0.25, -0.2) is 0 Å². The first kappa shape index (κ1) is 27.4. The Kier molecular flexibility index (Phi) is 9.07. The maximum absolute atomic E-state index is 6.50. The molecule has 2 fully saturated rings. The molecule has 0 N–H and O–H groups in total. The van der Waals surface area contributed by atoms with Gasteiger partial charge in [-0.3, -0.25) is 4.84 Å². The van der Waals surface area contributed by atoms with Gasteiger partial charge in [0.15, 0.2) is 5.79 Å². The highest BCUT2D eigenvalue weighted by molar-refractivity contribution is 5.27. The molecule has 2 aliphatic heterocycles. The van der Waals surface area contributed by atoms with E-state index in [-0.39, 0.29) is 17.2 Å². The Morgan fingerprint density at radius 1 is 0.912 bits per heavy atom. The van der Waals surface area contributed by atoms with E-state index in [0.29, 0.717) is 38.3 Å². The maximum Gasteiger partial charge on any atom is 0.171 e. The molecule has 2 heterocycles. The quantitative estimate of drug-likeness (QED) is 0.271. The van der Waals surface area contributed by atoms with Crippen molar-refractivity contribution in [1.82, 2.24) is 5.06 Å². The summed E-state index contributed by atoms with van der Waals surface area (Å²) in [5, 5.41) is 2.18. The lowest BCUT2D eigenvalue weighted by atomic mass is 9.77. The van der Waals surface area contributed by atoms with Crippen LogP contribution in [0.3, 0.4) is 0 Å². The molecule has 1 atom stereocenters. The summed E-state index contributed by atoms with van der Waals surface area (Å²) in [4.78, 5) is 6.45. The summed E-state index contributed by atoms with van der Waals surface area (Å²) in [5.41, 5.74) is 0.758. The Morgan fingerprint density at radius 3 is 1.91 bits per heavy atom. The Labute approximate surface area is 207 Å². The summed E-state index contributed by atoms with van der Waals surface area (Å²) < 4.78 is 23.9. The van der Waals surface area contributed by atoms with Crippen LogP contribution in [0.15, 0.2) is 24.3 Å². The van der Waals surface area contributed by atoms with Crippen LogP contribution in [0.4, 0.5) is 0 Å². The summed E-state index contributed by atoms with van der Waals surface area (Å²) in [5.74, 6) is 1.21. The molecule has 0 aliphatic carbocycles. The van der Waals surface area contributed by atoms with Gasteiger partial charge in [-0.05, 0) is 63.6 Å². The van der Waals surface area contributed by atoms with E-state index >= 15 is 0 Å². The number of benzene rings is 1. The molecule has 1 unspecified atom stereocenters. The summed E-state index contributed by atoms with van der Waals surface area (Å²) >= 11 is 0. The molecule has 1 aromatic carbocycles. The van der Waals surface area contributed by atoms with Crippen LogP contribution in [0.1, 0.15) is 73.8 Å². The van der Waals surface area contributed by atoms with Gasteiger partial charge in [0.2, 0.25) is 0 Å². The Hall–Kier alpha value is -1.18. The van der Waals surface area contributed by atoms with Gasteiger partial charge in [-0.15, -0.1) is 0 Å². The van der Waals surface area contributed by atoms with E-state index in [1.165, 1.54) is 5.56 Å². The van der Waals surface area contributed by atoms with Gasteiger partial charge in [0.25, 0.3) is 0 Å². The minimum absolute atomic E-state index is 0.238. The number of hydrogen-bond donors (Lipinski definition) is 0. The SMILES string of the molecule is CC(C)COC1(OCC(C)C)CC(C)(C)N(OCCc2ccc(OCC3CO3)cc2)C(C)(C)C1. The second kappa shape index (κ2) is 11.3. The number of epoxide rings is 1. The molecule has 34 heavy (non-hydrogen) atoms. The summed E-state index contributed by atoms with van der Waals surface area (Å²) in [6.07, 6.45) is 2.64. The molecule has 0 radical (unpaired) electrons. The molecule has 0 spiro atoms. The van der Waals surface area contributed by atoms with Gasteiger partial charge in [-0.2, -0.15) is 5.06 Å². The number of hydrogen-bond acceptors (Lipinski definition) is 6. The largest absolute Gasteiger partial charge is 0.491 e. The van der Waals surface area contributed by atoms with Gasteiger partial charge in [0, 0.05) is 23.9 Å². The van der Waals surface area contributed by atoms with Crippen molar-refractivity contribution in [3.63, 3.8) is 0 Å². The number of nitrogens with zero attached hydrogens (tertiary/aromatic N) is 1. The highest BCUT2D eigenvalue weighted by Gasteiger charge is 2.55. The average Bonchev–Trinajstić information content (AvgIpc) is 3.56. The van der Waals surface area contributed by atoms with Crippen LogP contribution >= 0.6 is 0 Å². The zero-order valence-corrected chi connectivity index (χ0v) is 22.7. The fourth-order valence-corrected chi connectivity index (χ4v) is 4.94. The van der Waals surface area contributed by atoms with Crippen LogP contribution in [-0.4, -0.2) is 61.1 Å². The van der Waals surface area contributed by atoms with Crippen LogP contribution in [0.2, 0.25) is 0 Å². The minimum Gasteiger partial charge on any atom is -0.491 e. The molecule has 2 aliphatic rings. The third-order valence-corrected chi connectivity index (χ3v) is 6.24. The van der Waals surface area contributed by atoms with Crippen molar-refractivity contribution < 1.29 is 23.8 Å². The molecule has 0 amide bonds. The zero-order valence-electron chi connectivity index (χ0n) is 22.7. The fourth-order valence-electron chi connectivity index (χ4n) is 4.94. The molecule has 2 saturated heterocycles. The Balaban J connectivity index is 1.59.